The van der Waals surface area contributed by atoms with Gasteiger partial charge in [0.15, 0.2) is 0 Å². The van der Waals surface area contributed by atoms with E-state index >= 15 is 0 Å². The number of hydrogen-bond donors (Lipinski definition) is 2. The Morgan fingerprint density at radius 1 is 1.33 bits per heavy atom. The van der Waals surface area contributed by atoms with E-state index in [4.69, 9.17) is 4.55 Å². The molecule has 0 spiro atoms. The van der Waals surface area contributed by atoms with E-state index in [1.807, 2.05) is 0 Å². The van der Waals surface area contributed by atoms with Crippen LogP contribution in [-0.2, 0) is 15.5 Å². The van der Waals surface area contributed by atoms with E-state index in [1.165, 1.54) is 12.1 Å². The van der Waals surface area contributed by atoms with Gasteiger partial charge in [-0.3, -0.25) is 4.55 Å². The molecular formula is C10H14O4S. The van der Waals surface area contributed by atoms with E-state index in [9.17, 15) is 13.5 Å². The van der Waals surface area contributed by atoms with Crippen LogP contribution in [0.2, 0.25) is 0 Å². The Bertz CT molecular complexity index is 448. The predicted molar refractivity (Wildman–Crippen MR) is 57.5 cm³/mol. The van der Waals surface area contributed by atoms with Crippen LogP contribution in [0, 0.1) is 0 Å². The molecular weight excluding hydrogens is 216 g/mol. The topological polar surface area (TPSA) is 74.6 Å². The van der Waals surface area contributed by atoms with Crippen LogP contribution in [-0.4, -0.2) is 23.8 Å². The maximum Gasteiger partial charge on any atom is 0.265 e. The largest absolute Gasteiger partial charge is 0.508 e. The first-order chi connectivity index (χ1) is 6.71. The van der Waals surface area contributed by atoms with Crippen molar-refractivity contribution >= 4 is 10.1 Å². The predicted octanol–water partition coefficient (Wildman–Crippen LogP) is 1.56. The smallest absolute Gasteiger partial charge is 0.265 e. The summed E-state index contributed by atoms with van der Waals surface area (Å²) in [6.45, 7) is 3.38. The lowest BCUT2D eigenvalue weighted by Crippen LogP contribution is -2.27. The molecule has 1 rings (SSSR count). The molecule has 2 N–H and O–H groups in total. The van der Waals surface area contributed by atoms with E-state index in [2.05, 4.69) is 0 Å². The molecule has 0 aromatic heterocycles. The number of aromatic hydroxyl groups is 1. The number of benzene rings is 1. The summed E-state index contributed by atoms with van der Waals surface area (Å²) < 4.78 is 30.4. The fraction of sp³-hybridized carbons (Fsp3) is 0.400. The Morgan fingerprint density at radius 2 is 1.93 bits per heavy atom. The molecule has 0 heterocycles. The Morgan fingerprint density at radius 3 is 2.40 bits per heavy atom. The maximum atomic E-state index is 10.8. The second-order valence-corrected chi connectivity index (χ2v) is 5.61. The molecule has 0 bridgehead atoms. The van der Waals surface area contributed by atoms with Crippen LogP contribution in [0.25, 0.3) is 0 Å². The van der Waals surface area contributed by atoms with Gasteiger partial charge in [-0.25, -0.2) is 0 Å². The Balaban J connectivity index is 3.06. The van der Waals surface area contributed by atoms with Crippen molar-refractivity contribution in [2.75, 3.05) is 5.75 Å². The first kappa shape index (κ1) is 12.0. The van der Waals surface area contributed by atoms with Crippen LogP contribution in [0.15, 0.2) is 24.3 Å². The van der Waals surface area contributed by atoms with Gasteiger partial charge in [0.25, 0.3) is 10.1 Å². The van der Waals surface area contributed by atoms with Crippen molar-refractivity contribution in [2.45, 2.75) is 19.3 Å². The van der Waals surface area contributed by atoms with Crippen LogP contribution in [0.1, 0.15) is 19.4 Å². The van der Waals surface area contributed by atoms with Crippen LogP contribution in [0.3, 0.4) is 0 Å². The molecule has 0 atom stereocenters. The maximum absolute atomic E-state index is 10.8. The molecule has 0 aliphatic heterocycles. The third kappa shape index (κ3) is 3.53. The Labute approximate surface area is 89.3 Å². The highest BCUT2D eigenvalue weighted by molar-refractivity contribution is 7.85. The molecule has 0 saturated heterocycles. The molecule has 0 aliphatic carbocycles. The van der Waals surface area contributed by atoms with Gasteiger partial charge >= 0.3 is 0 Å². The van der Waals surface area contributed by atoms with Crippen molar-refractivity contribution in [3.63, 3.8) is 0 Å². The normalized spacial score (nSPS) is 12.7. The second-order valence-electron chi connectivity index (χ2n) is 4.16. The average molecular weight is 230 g/mol. The monoisotopic (exact) mass is 230 g/mol. The summed E-state index contributed by atoms with van der Waals surface area (Å²) in [6, 6.07) is 6.35. The third-order valence-electron chi connectivity index (χ3n) is 2.17. The van der Waals surface area contributed by atoms with Crippen molar-refractivity contribution in [2.24, 2.45) is 0 Å². The molecule has 0 saturated carbocycles. The average Bonchev–Trinajstić information content (AvgIpc) is 1.99. The molecule has 0 aliphatic rings. The zero-order valence-corrected chi connectivity index (χ0v) is 9.45. The lowest BCUT2D eigenvalue weighted by Gasteiger charge is -2.23. The van der Waals surface area contributed by atoms with E-state index < -0.39 is 15.5 Å². The molecule has 84 valence electrons. The summed E-state index contributed by atoms with van der Waals surface area (Å²) in [7, 11) is -4.02. The third-order valence-corrected chi connectivity index (χ3v) is 3.26. The van der Waals surface area contributed by atoms with Gasteiger partial charge in [0.1, 0.15) is 5.75 Å². The molecule has 4 nitrogen and oxygen atoms in total. The SMILES string of the molecule is CC(C)(CS(=O)(=O)O)c1cccc(O)c1. The first-order valence-corrected chi connectivity index (χ1v) is 6.06. The molecule has 0 radical (unpaired) electrons. The minimum absolute atomic E-state index is 0.0795. The lowest BCUT2D eigenvalue weighted by molar-refractivity contribution is 0.455. The van der Waals surface area contributed by atoms with Crippen LogP contribution in [0.4, 0.5) is 0 Å². The summed E-state index contributed by atoms with van der Waals surface area (Å²) in [6.07, 6.45) is 0. The summed E-state index contributed by atoms with van der Waals surface area (Å²) in [4.78, 5) is 0. The zero-order chi connectivity index (χ0) is 11.7. The van der Waals surface area contributed by atoms with Crippen molar-refractivity contribution in [1.82, 2.24) is 0 Å². The van der Waals surface area contributed by atoms with Gasteiger partial charge in [0.2, 0.25) is 0 Å². The van der Waals surface area contributed by atoms with Gasteiger partial charge in [-0.05, 0) is 17.7 Å². The standard InChI is InChI=1S/C10H14O4S/c1-10(2,7-15(12,13)14)8-4-3-5-9(11)6-8/h3-6,11H,7H2,1-2H3,(H,12,13,14). The van der Waals surface area contributed by atoms with Gasteiger partial charge in [0.05, 0.1) is 5.75 Å². The molecule has 1 aromatic rings. The second kappa shape index (κ2) is 3.83. The summed E-state index contributed by atoms with van der Waals surface area (Å²) in [5.41, 5.74) is -0.0631. The Kier molecular flexibility index (Phi) is 3.06. The van der Waals surface area contributed by atoms with Crippen molar-refractivity contribution < 1.29 is 18.1 Å². The fourth-order valence-corrected chi connectivity index (χ4v) is 2.54. The first-order valence-electron chi connectivity index (χ1n) is 4.45. The summed E-state index contributed by atoms with van der Waals surface area (Å²) in [5.74, 6) is -0.292. The molecule has 1 aromatic carbocycles. The minimum Gasteiger partial charge on any atom is -0.508 e. The Hall–Kier alpha value is -1.07. The van der Waals surface area contributed by atoms with Gasteiger partial charge in [-0.1, -0.05) is 26.0 Å². The minimum atomic E-state index is -4.02. The van der Waals surface area contributed by atoms with Gasteiger partial charge < -0.3 is 5.11 Å². The van der Waals surface area contributed by atoms with Crippen LogP contribution in [0.5, 0.6) is 5.75 Å². The quantitative estimate of drug-likeness (QED) is 0.773. The molecule has 5 heteroatoms. The van der Waals surface area contributed by atoms with E-state index in [0.717, 1.165) is 0 Å². The molecule has 0 fully saturated rings. The highest BCUT2D eigenvalue weighted by Gasteiger charge is 2.27. The molecule has 0 unspecified atom stereocenters. The molecule has 0 amide bonds. The number of phenolic OH excluding ortho intramolecular Hbond substituents is 1. The highest BCUT2D eigenvalue weighted by atomic mass is 32.2. The lowest BCUT2D eigenvalue weighted by atomic mass is 9.87. The number of hydrogen-bond acceptors (Lipinski definition) is 3. The van der Waals surface area contributed by atoms with Gasteiger partial charge in [-0.2, -0.15) is 8.42 Å². The van der Waals surface area contributed by atoms with E-state index in [-0.39, 0.29) is 11.5 Å². The zero-order valence-electron chi connectivity index (χ0n) is 8.64. The van der Waals surface area contributed by atoms with Crippen LogP contribution >= 0.6 is 0 Å². The summed E-state index contributed by atoms with van der Waals surface area (Å²) in [5, 5.41) is 9.26. The van der Waals surface area contributed by atoms with Gasteiger partial charge in [0, 0.05) is 5.41 Å². The highest BCUT2D eigenvalue weighted by Crippen LogP contribution is 2.27. The van der Waals surface area contributed by atoms with Crippen molar-refractivity contribution in [3.05, 3.63) is 29.8 Å². The number of rotatable bonds is 3. The van der Waals surface area contributed by atoms with E-state index in [1.54, 1.807) is 26.0 Å². The number of phenols is 1. The molecule has 15 heavy (non-hydrogen) atoms. The van der Waals surface area contributed by atoms with Crippen molar-refractivity contribution in [3.8, 4) is 5.75 Å². The van der Waals surface area contributed by atoms with Gasteiger partial charge in [-0.15, -0.1) is 0 Å². The summed E-state index contributed by atoms with van der Waals surface area (Å²) >= 11 is 0. The van der Waals surface area contributed by atoms with Crippen molar-refractivity contribution in [1.29, 1.82) is 0 Å². The fourth-order valence-electron chi connectivity index (χ4n) is 1.47. The van der Waals surface area contributed by atoms with Crippen LogP contribution < -0.4 is 0 Å². The van der Waals surface area contributed by atoms with E-state index in [0.29, 0.717) is 5.56 Å².